The zero-order chi connectivity index (χ0) is 9.41. The molecule has 0 atom stereocenters. The highest BCUT2D eigenvalue weighted by molar-refractivity contribution is 5.82. The van der Waals surface area contributed by atoms with Crippen molar-refractivity contribution in [3.05, 3.63) is 0 Å². The van der Waals surface area contributed by atoms with Gasteiger partial charge in [-0.05, 0) is 7.05 Å². The molecule has 0 aliphatic heterocycles. The molecule has 0 heterocycles. The van der Waals surface area contributed by atoms with Gasteiger partial charge in [0.15, 0.2) is 0 Å². The van der Waals surface area contributed by atoms with Crippen LogP contribution in [0.3, 0.4) is 0 Å². The topological polar surface area (TPSA) is 38.3 Å². The van der Waals surface area contributed by atoms with E-state index in [2.05, 4.69) is 10.1 Å². The van der Waals surface area contributed by atoms with E-state index in [1.54, 1.807) is 0 Å². The highest BCUT2D eigenvalue weighted by atomic mass is 19.3. The second-order valence-electron chi connectivity index (χ2n) is 3.03. The van der Waals surface area contributed by atoms with Crippen LogP contribution in [-0.4, -0.2) is 31.6 Å². The Morgan fingerprint density at radius 3 is 2.25 bits per heavy atom. The van der Waals surface area contributed by atoms with Crippen LogP contribution in [0.1, 0.15) is 12.8 Å². The van der Waals surface area contributed by atoms with Gasteiger partial charge in [0.1, 0.15) is 5.54 Å². The van der Waals surface area contributed by atoms with E-state index in [-0.39, 0.29) is 0 Å². The van der Waals surface area contributed by atoms with E-state index in [0.29, 0.717) is 0 Å². The lowest BCUT2D eigenvalue weighted by molar-refractivity contribution is -0.179. The van der Waals surface area contributed by atoms with Crippen LogP contribution in [-0.2, 0) is 9.53 Å². The van der Waals surface area contributed by atoms with E-state index in [0.717, 1.165) is 0 Å². The van der Waals surface area contributed by atoms with E-state index >= 15 is 0 Å². The molecule has 5 heteroatoms. The molecule has 70 valence electrons. The largest absolute Gasteiger partial charge is 0.468 e. The summed E-state index contributed by atoms with van der Waals surface area (Å²) in [5.74, 6) is -3.34. The summed E-state index contributed by atoms with van der Waals surface area (Å²) >= 11 is 0. The van der Waals surface area contributed by atoms with Crippen LogP contribution in [0, 0.1) is 0 Å². The highest BCUT2D eigenvalue weighted by Gasteiger charge is 2.61. The SMILES string of the molecule is CNC1(C(=O)OC)CC(F)(F)C1. The number of methoxy groups -OCH3 is 1. The number of likely N-dealkylation sites (N-methyl/N-ethyl adjacent to an activating group) is 1. The van der Waals surface area contributed by atoms with Crippen LogP contribution in [0.25, 0.3) is 0 Å². The summed E-state index contributed by atoms with van der Waals surface area (Å²) in [7, 11) is 2.67. The first-order valence-corrected chi connectivity index (χ1v) is 3.61. The van der Waals surface area contributed by atoms with Gasteiger partial charge >= 0.3 is 5.97 Å². The van der Waals surface area contributed by atoms with Gasteiger partial charge in [-0.15, -0.1) is 0 Å². The average molecular weight is 179 g/mol. The van der Waals surface area contributed by atoms with E-state index in [1.807, 2.05) is 0 Å². The van der Waals surface area contributed by atoms with Crippen LogP contribution in [0.4, 0.5) is 8.78 Å². The monoisotopic (exact) mass is 179 g/mol. The minimum atomic E-state index is -2.72. The van der Waals surface area contributed by atoms with Crippen molar-refractivity contribution in [3.8, 4) is 0 Å². The Morgan fingerprint density at radius 1 is 1.50 bits per heavy atom. The zero-order valence-corrected chi connectivity index (χ0v) is 6.99. The van der Waals surface area contributed by atoms with Crippen LogP contribution in [0.15, 0.2) is 0 Å². The summed E-state index contributed by atoms with van der Waals surface area (Å²) in [6.07, 6.45) is -0.938. The minimum Gasteiger partial charge on any atom is -0.468 e. The molecule has 0 aromatic rings. The summed E-state index contributed by atoms with van der Waals surface area (Å²) in [6, 6.07) is 0. The quantitative estimate of drug-likeness (QED) is 0.629. The number of carbonyl (C=O) groups is 1. The van der Waals surface area contributed by atoms with Gasteiger partial charge in [-0.25, -0.2) is 8.78 Å². The third-order valence-corrected chi connectivity index (χ3v) is 2.18. The molecule has 1 rings (SSSR count). The molecule has 0 spiro atoms. The Hall–Kier alpha value is -0.710. The lowest BCUT2D eigenvalue weighted by atomic mass is 9.73. The summed E-state index contributed by atoms with van der Waals surface area (Å²) in [4.78, 5) is 11.0. The van der Waals surface area contributed by atoms with Crippen molar-refractivity contribution in [2.45, 2.75) is 24.3 Å². The van der Waals surface area contributed by atoms with Crippen LogP contribution in [0.5, 0.6) is 0 Å². The fourth-order valence-electron chi connectivity index (χ4n) is 1.45. The van der Waals surface area contributed by atoms with Crippen molar-refractivity contribution in [2.75, 3.05) is 14.2 Å². The van der Waals surface area contributed by atoms with Gasteiger partial charge in [-0.2, -0.15) is 0 Å². The highest BCUT2D eigenvalue weighted by Crippen LogP contribution is 2.45. The molecule has 1 saturated carbocycles. The number of halogens is 2. The van der Waals surface area contributed by atoms with E-state index in [4.69, 9.17) is 0 Å². The third kappa shape index (κ3) is 1.29. The number of rotatable bonds is 2. The Bertz CT molecular complexity index is 198. The van der Waals surface area contributed by atoms with Crippen LogP contribution in [0.2, 0.25) is 0 Å². The molecule has 0 aromatic carbocycles. The molecule has 1 fully saturated rings. The fraction of sp³-hybridized carbons (Fsp3) is 0.857. The lowest BCUT2D eigenvalue weighted by Gasteiger charge is -2.44. The normalized spacial score (nSPS) is 24.3. The van der Waals surface area contributed by atoms with Crippen molar-refractivity contribution < 1.29 is 18.3 Å². The number of carbonyl (C=O) groups excluding carboxylic acids is 1. The van der Waals surface area contributed by atoms with Crippen LogP contribution < -0.4 is 5.32 Å². The molecular weight excluding hydrogens is 168 g/mol. The van der Waals surface area contributed by atoms with Gasteiger partial charge in [-0.3, -0.25) is 4.79 Å². The molecule has 0 saturated heterocycles. The summed E-state index contributed by atoms with van der Waals surface area (Å²) in [5, 5.41) is 2.57. The molecule has 1 N–H and O–H groups in total. The zero-order valence-electron chi connectivity index (χ0n) is 6.99. The van der Waals surface area contributed by atoms with Crippen molar-refractivity contribution in [2.24, 2.45) is 0 Å². The fourth-order valence-corrected chi connectivity index (χ4v) is 1.45. The smallest absolute Gasteiger partial charge is 0.326 e. The molecular formula is C7H11F2NO2. The van der Waals surface area contributed by atoms with Gasteiger partial charge in [0.05, 0.1) is 7.11 Å². The molecule has 0 bridgehead atoms. The van der Waals surface area contributed by atoms with Gasteiger partial charge < -0.3 is 10.1 Å². The first-order chi connectivity index (χ1) is 5.46. The molecule has 12 heavy (non-hydrogen) atoms. The minimum absolute atomic E-state index is 0.469. The van der Waals surface area contributed by atoms with Crippen molar-refractivity contribution in [3.63, 3.8) is 0 Å². The number of ether oxygens (including phenoxy) is 1. The summed E-state index contributed by atoms with van der Waals surface area (Å²) in [6.45, 7) is 0. The molecule has 1 aliphatic rings. The average Bonchev–Trinajstić information content (AvgIpc) is 1.97. The molecule has 0 unspecified atom stereocenters. The standard InChI is InChI=1S/C7H11F2NO2/c1-10-6(5(11)12-2)3-7(8,9)4-6/h10H,3-4H2,1-2H3. The van der Waals surface area contributed by atoms with Crippen molar-refractivity contribution >= 4 is 5.97 Å². The van der Waals surface area contributed by atoms with Crippen molar-refractivity contribution in [1.82, 2.24) is 5.32 Å². The second-order valence-corrected chi connectivity index (χ2v) is 3.03. The van der Waals surface area contributed by atoms with E-state index in [9.17, 15) is 13.6 Å². The predicted molar refractivity (Wildman–Crippen MR) is 38.0 cm³/mol. The Morgan fingerprint density at radius 2 is 2.00 bits per heavy atom. The first-order valence-electron chi connectivity index (χ1n) is 3.61. The van der Waals surface area contributed by atoms with E-state index in [1.165, 1.54) is 14.2 Å². The van der Waals surface area contributed by atoms with Crippen LogP contribution >= 0.6 is 0 Å². The predicted octanol–water partition coefficient (Wildman–Crippen LogP) is 0.547. The Balaban J connectivity index is 2.65. The van der Waals surface area contributed by atoms with E-state index < -0.39 is 30.3 Å². The number of nitrogens with one attached hydrogen (secondary N) is 1. The third-order valence-electron chi connectivity index (χ3n) is 2.18. The number of hydrogen-bond donors (Lipinski definition) is 1. The van der Waals surface area contributed by atoms with Crippen molar-refractivity contribution in [1.29, 1.82) is 0 Å². The van der Waals surface area contributed by atoms with Gasteiger partial charge in [-0.1, -0.05) is 0 Å². The molecule has 0 radical (unpaired) electrons. The van der Waals surface area contributed by atoms with Gasteiger partial charge in [0.2, 0.25) is 0 Å². The summed E-state index contributed by atoms with van der Waals surface area (Å²) in [5.41, 5.74) is -1.15. The van der Waals surface area contributed by atoms with Gasteiger partial charge in [0, 0.05) is 12.8 Å². The first kappa shape index (κ1) is 9.38. The molecule has 1 aliphatic carbocycles. The molecule has 0 aromatic heterocycles. The number of hydrogen-bond acceptors (Lipinski definition) is 3. The summed E-state index contributed by atoms with van der Waals surface area (Å²) < 4.78 is 29.3. The second kappa shape index (κ2) is 2.65. The van der Waals surface area contributed by atoms with Gasteiger partial charge in [0.25, 0.3) is 5.92 Å². The maximum atomic E-state index is 12.5. The lowest BCUT2D eigenvalue weighted by Crippen LogP contribution is -2.64. The Labute approximate surface area is 69.1 Å². The maximum Gasteiger partial charge on any atom is 0.326 e. The number of esters is 1. The molecule has 3 nitrogen and oxygen atoms in total. The number of alkyl halides is 2. The Kier molecular flexibility index (Phi) is 2.07. The maximum absolute atomic E-state index is 12.5. The molecule has 0 amide bonds.